The molecule has 0 unspecified atom stereocenters. The van der Waals surface area contributed by atoms with Crippen molar-refractivity contribution in [3.8, 4) is 0 Å². The second-order valence-corrected chi connectivity index (χ2v) is 7.70. The molecule has 2 heterocycles. The van der Waals surface area contributed by atoms with Crippen molar-refractivity contribution in [2.75, 3.05) is 13.1 Å². The van der Waals surface area contributed by atoms with Crippen LogP contribution in [0.1, 0.15) is 40.3 Å². The zero-order valence-corrected chi connectivity index (χ0v) is 16.6. The zero-order chi connectivity index (χ0) is 19.9. The van der Waals surface area contributed by atoms with Crippen LogP contribution < -0.4 is 5.32 Å². The number of amides is 1. The first-order chi connectivity index (χ1) is 14.3. The number of carbonyl (C=O) groups is 1. The van der Waals surface area contributed by atoms with Crippen LogP contribution in [0.5, 0.6) is 0 Å². The highest BCUT2D eigenvalue weighted by Gasteiger charge is 2.21. The fraction of sp³-hybridized carbons (Fsp3) is 0.333. The van der Waals surface area contributed by atoms with Crippen molar-refractivity contribution in [1.29, 1.82) is 0 Å². The summed E-state index contributed by atoms with van der Waals surface area (Å²) in [6.07, 6.45) is 4.97. The topological polar surface area (TPSA) is 58.4 Å². The van der Waals surface area contributed by atoms with Gasteiger partial charge in [0.05, 0.1) is 6.54 Å². The Bertz CT molecular complexity index is 900. The number of nitrogens with zero attached hydrogens (tertiary/aromatic N) is 2. The fourth-order valence-corrected chi connectivity index (χ4v) is 3.84. The van der Waals surface area contributed by atoms with Crippen molar-refractivity contribution in [3.63, 3.8) is 0 Å². The summed E-state index contributed by atoms with van der Waals surface area (Å²) in [5.41, 5.74) is 2.82. The molecule has 1 amide bonds. The van der Waals surface area contributed by atoms with Crippen molar-refractivity contribution in [2.24, 2.45) is 5.92 Å². The van der Waals surface area contributed by atoms with Crippen molar-refractivity contribution >= 4 is 5.91 Å². The van der Waals surface area contributed by atoms with Gasteiger partial charge in [0.15, 0.2) is 5.69 Å². The van der Waals surface area contributed by atoms with Crippen LogP contribution in [-0.4, -0.2) is 28.9 Å². The van der Waals surface area contributed by atoms with E-state index in [2.05, 4.69) is 45.5 Å². The lowest BCUT2D eigenvalue weighted by molar-refractivity contribution is 0.0945. The molecule has 0 spiro atoms. The number of likely N-dealkylation sites (tertiary alicyclic amines) is 1. The molecule has 1 aliphatic rings. The van der Waals surface area contributed by atoms with Crippen LogP contribution in [-0.2, 0) is 19.5 Å². The Labute approximate surface area is 171 Å². The third kappa shape index (κ3) is 5.55. The van der Waals surface area contributed by atoms with Gasteiger partial charge in [-0.25, -0.2) is 4.98 Å². The summed E-state index contributed by atoms with van der Waals surface area (Å²) in [6, 6.07) is 20.6. The maximum absolute atomic E-state index is 12.3. The van der Waals surface area contributed by atoms with Gasteiger partial charge in [-0.15, -0.1) is 0 Å². The van der Waals surface area contributed by atoms with Crippen molar-refractivity contribution < 1.29 is 9.21 Å². The Kier molecular flexibility index (Phi) is 6.37. The maximum Gasteiger partial charge on any atom is 0.273 e. The summed E-state index contributed by atoms with van der Waals surface area (Å²) in [5.74, 6) is 1.14. The van der Waals surface area contributed by atoms with Gasteiger partial charge in [-0.1, -0.05) is 60.7 Å². The molecule has 150 valence electrons. The molecule has 1 fully saturated rings. The Morgan fingerprint density at radius 1 is 1.00 bits per heavy atom. The first-order valence-electron chi connectivity index (χ1n) is 10.3. The SMILES string of the molecule is O=C(NCc1ccccc1)c1coc(CN2CCC(Cc3ccccc3)CC2)n1. The van der Waals surface area contributed by atoms with Gasteiger partial charge in [0.1, 0.15) is 6.26 Å². The van der Waals surface area contributed by atoms with Gasteiger partial charge >= 0.3 is 0 Å². The number of oxazole rings is 1. The van der Waals surface area contributed by atoms with Gasteiger partial charge in [-0.3, -0.25) is 9.69 Å². The molecular weight excluding hydrogens is 362 g/mol. The molecule has 0 atom stereocenters. The zero-order valence-electron chi connectivity index (χ0n) is 16.6. The fourth-order valence-electron chi connectivity index (χ4n) is 3.84. The lowest BCUT2D eigenvalue weighted by Gasteiger charge is -2.31. The number of carbonyl (C=O) groups excluding carboxylic acids is 1. The second-order valence-electron chi connectivity index (χ2n) is 7.70. The summed E-state index contributed by atoms with van der Waals surface area (Å²) in [6.45, 7) is 3.21. The second kappa shape index (κ2) is 9.52. The molecule has 0 bridgehead atoms. The van der Waals surface area contributed by atoms with Crippen LogP contribution in [0.25, 0.3) is 0 Å². The van der Waals surface area contributed by atoms with Crippen LogP contribution in [0.3, 0.4) is 0 Å². The van der Waals surface area contributed by atoms with Crippen LogP contribution in [0.4, 0.5) is 0 Å². The molecule has 1 aliphatic heterocycles. The minimum absolute atomic E-state index is 0.203. The van der Waals surface area contributed by atoms with E-state index in [1.807, 2.05) is 30.3 Å². The van der Waals surface area contributed by atoms with E-state index in [0.29, 0.717) is 24.7 Å². The Morgan fingerprint density at radius 3 is 2.34 bits per heavy atom. The number of benzene rings is 2. The molecule has 4 rings (SSSR count). The van der Waals surface area contributed by atoms with E-state index in [-0.39, 0.29) is 5.91 Å². The monoisotopic (exact) mass is 389 g/mol. The van der Waals surface area contributed by atoms with E-state index in [4.69, 9.17) is 4.42 Å². The molecular formula is C24H27N3O2. The van der Waals surface area contributed by atoms with E-state index in [1.165, 1.54) is 24.7 Å². The molecule has 1 saturated heterocycles. The smallest absolute Gasteiger partial charge is 0.273 e. The number of nitrogens with one attached hydrogen (secondary N) is 1. The van der Waals surface area contributed by atoms with Crippen LogP contribution in [0.15, 0.2) is 71.3 Å². The van der Waals surface area contributed by atoms with E-state index < -0.39 is 0 Å². The molecule has 0 radical (unpaired) electrons. The highest BCUT2D eigenvalue weighted by Crippen LogP contribution is 2.22. The van der Waals surface area contributed by atoms with Gasteiger partial charge in [0.2, 0.25) is 5.89 Å². The van der Waals surface area contributed by atoms with Crippen molar-refractivity contribution in [3.05, 3.63) is 89.6 Å². The lowest BCUT2D eigenvalue weighted by Crippen LogP contribution is -2.34. The average molecular weight is 389 g/mol. The van der Waals surface area contributed by atoms with E-state index >= 15 is 0 Å². The first-order valence-corrected chi connectivity index (χ1v) is 10.3. The minimum atomic E-state index is -0.203. The van der Waals surface area contributed by atoms with E-state index in [9.17, 15) is 4.79 Å². The molecule has 1 N–H and O–H groups in total. The standard InChI is InChI=1S/C24H27N3O2/c28-24(25-16-21-9-5-2-6-10-21)22-18-29-23(26-22)17-27-13-11-20(12-14-27)15-19-7-3-1-4-8-19/h1-10,18,20H,11-17H2,(H,25,28). The summed E-state index contributed by atoms with van der Waals surface area (Å²) >= 11 is 0. The highest BCUT2D eigenvalue weighted by molar-refractivity contribution is 5.91. The summed E-state index contributed by atoms with van der Waals surface area (Å²) in [4.78, 5) is 19.0. The molecule has 29 heavy (non-hydrogen) atoms. The number of rotatable bonds is 7. The van der Waals surface area contributed by atoms with E-state index in [0.717, 1.165) is 31.0 Å². The van der Waals surface area contributed by atoms with Gasteiger partial charge in [-0.05, 0) is 49.4 Å². The minimum Gasteiger partial charge on any atom is -0.447 e. The lowest BCUT2D eigenvalue weighted by atomic mass is 9.90. The van der Waals surface area contributed by atoms with Crippen LogP contribution >= 0.6 is 0 Å². The van der Waals surface area contributed by atoms with E-state index in [1.54, 1.807) is 0 Å². The number of hydrogen-bond acceptors (Lipinski definition) is 4. The largest absolute Gasteiger partial charge is 0.447 e. The average Bonchev–Trinajstić information content (AvgIpc) is 3.23. The summed E-state index contributed by atoms with van der Waals surface area (Å²) in [5, 5.41) is 2.89. The predicted octanol–water partition coefficient (Wildman–Crippen LogP) is 4.06. The third-order valence-electron chi connectivity index (χ3n) is 5.51. The molecule has 5 nitrogen and oxygen atoms in total. The number of hydrogen-bond donors (Lipinski definition) is 1. The predicted molar refractivity (Wildman–Crippen MR) is 112 cm³/mol. The summed E-state index contributed by atoms with van der Waals surface area (Å²) in [7, 11) is 0. The molecule has 0 saturated carbocycles. The maximum atomic E-state index is 12.3. The first kappa shape index (κ1) is 19.4. The number of aromatic nitrogens is 1. The van der Waals surface area contributed by atoms with Crippen LogP contribution in [0.2, 0.25) is 0 Å². The van der Waals surface area contributed by atoms with Crippen molar-refractivity contribution in [2.45, 2.75) is 32.4 Å². The van der Waals surface area contributed by atoms with Gasteiger partial charge in [-0.2, -0.15) is 0 Å². The molecule has 1 aromatic heterocycles. The molecule has 3 aromatic rings. The Morgan fingerprint density at radius 2 is 1.66 bits per heavy atom. The Balaban J connectivity index is 1.23. The third-order valence-corrected chi connectivity index (χ3v) is 5.51. The molecule has 5 heteroatoms. The number of piperidine rings is 1. The highest BCUT2D eigenvalue weighted by atomic mass is 16.3. The molecule has 2 aromatic carbocycles. The van der Waals surface area contributed by atoms with Crippen molar-refractivity contribution in [1.82, 2.24) is 15.2 Å². The molecule has 0 aliphatic carbocycles. The van der Waals surface area contributed by atoms with Crippen LogP contribution in [0, 0.1) is 5.92 Å². The van der Waals surface area contributed by atoms with Gasteiger partial charge in [0, 0.05) is 6.54 Å². The van der Waals surface area contributed by atoms with Gasteiger partial charge < -0.3 is 9.73 Å². The quantitative estimate of drug-likeness (QED) is 0.662. The van der Waals surface area contributed by atoms with Gasteiger partial charge in [0.25, 0.3) is 5.91 Å². The summed E-state index contributed by atoms with van der Waals surface area (Å²) < 4.78 is 5.55. The Hall–Kier alpha value is -2.92. The normalized spacial score (nSPS) is 15.3.